The van der Waals surface area contributed by atoms with Crippen LogP contribution in [0.2, 0.25) is 0 Å². The van der Waals surface area contributed by atoms with Crippen LogP contribution >= 0.6 is 0 Å². The lowest BCUT2D eigenvalue weighted by Crippen LogP contribution is -2.39. The lowest BCUT2D eigenvalue weighted by Gasteiger charge is -2.15. The van der Waals surface area contributed by atoms with Gasteiger partial charge in [0.15, 0.2) is 0 Å². The summed E-state index contributed by atoms with van der Waals surface area (Å²) in [6.07, 6.45) is 0. The van der Waals surface area contributed by atoms with E-state index in [4.69, 9.17) is 10.8 Å². The topological polar surface area (TPSA) is 92.4 Å². The van der Waals surface area contributed by atoms with Crippen LogP contribution in [0.25, 0.3) is 0 Å². The van der Waals surface area contributed by atoms with E-state index in [0.29, 0.717) is 0 Å². The van der Waals surface area contributed by atoms with Crippen molar-refractivity contribution in [2.24, 2.45) is 11.7 Å². The number of carbonyl (C=O) groups is 2. The highest BCUT2D eigenvalue weighted by atomic mass is 19.1. The highest BCUT2D eigenvalue weighted by Crippen LogP contribution is 2.15. The Hall–Kier alpha value is -1.95. The Morgan fingerprint density at radius 3 is 2.44 bits per heavy atom. The fourth-order valence-corrected chi connectivity index (χ4v) is 1.29. The molecule has 1 rings (SSSR count). The minimum atomic E-state index is -1.36. The average Bonchev–Trinajstić information content (AvgIpc) is 2.27. The predicted octanol–water partition coefficient (Wildman–Crippen LogP) is 1.45. The van der Waals surface area contributed by atoms with E-state index in [2.05, 4.69) is 5.32 Å². The van der Waals surface area contributed by atoms with E-state index in [1.54, 1.807) is 13.8 Å². The Balaban J connectivity index is 2.84. The van der Waals surface area contributed by atoms with E-state index in [1.807, 2.05) is 0 Å². The van der Waals surface area contributed by atoms with Crippen molar-refractivity contribution in [1.82, 2.24) is 0 Å². The van der Waals surface area contributed by atoms with Crippen molar-refractivity contribution in [3.63, 3.8) is 0 Å². The van der Waals surface area contributed by atoms with E-state index in [-0.39, 0.29) is 11.6 Å². The van der Waals surface area contributed by atoms with Gasteiger partial charge in [-0.2, -0.15) is 0 Å². The van der Waals surface area contributed by atoms with Gasteiger partial charge >= 0.3 is 5.97 Å². The molecule has 6 heteroatoms. The van der Waals surface area contributed by atoms with Gasteiger partial charge in [-0.05, 0) is 24.1 Å². The lowest BCUT2D eigenvalue weighted by molar-refractivity contribution is -0.118. The van der Waals surface area contributed by atoms with Crippen LogP contribution < -0.4 is 11.1 Å². The highest BCUT2D eigenvalue weighted by molar-refractivity contribution is 5.95. The summed E-state index contributed by atoms with van der Waals surface area (Å²) in [5, 5.41) is 11.1. The van der Waals surface area contributed by atoms with Gasteiger partial charge in [0.1, 0.15) is 5.82 Å². The fraction of sp³-hybridized carbons (Fsp3) is 0.333. The third-order valence-electron chi connectivity index (χ3n) is 2.49. The number of benzene rings is 1. The van der Waals surface area contributed by atoms with E-state index in [1.165, 1.54) is 6.07 Å². The third kappa shape index (κ3) is 3.27. The number of carboxylic acid groups (broad SMARTS) is 1. The molecule has 1 aromatic carbocycles. The summed E-state index contributed by atoms with van der Waals surface area (Å²) in [4.78, 5) is 22.2. The molecule has 0 bridgehead atoms. The van der Waals surface area contributed by atoms with Crippen molar-refractivity contribution in [2.75, 3.05) is 5.32 Å². The second kappa shape index (κ2) is 5.59. The maximum Gasteiger partial charge on any atom is 0.338 e. The molecule has 0 saturated carbocycles. The van der Waals surface area contributed by atoms with Crippen molar-refractivity contribution in [3.8, 4) is 0 Å². The second-order valence-electron chi connectivity index (χ2n) is 4.26. The maximum atomic E-state index is 13.3. The molecule has 0 aliphatic carbocycles. The summed E-state index contributed by atoms with van der Waals surface area (Å²) < 4.78 is 13.3. The zero-order valence-electron chi connectivity index (χ0n) is 10.1. The molecule has 0 fully saturated rings. The van der Waals surface area contributed by atoms with Crippen LogP contribution in [0.5, 0.6) is 0 Å². The number of aromatic carboxylic acids is 1. The second-order valence-corrected chi connectivity index (χ2v) is 4.26. The molecule has 0 aromatic heterocycles. The van der Waals surface area contributed by atoms with Gasteiger partial charge < -0.3 is 16.2 Å². The number of nitrogens with one attached hydrogen (secondary N) is 1. The van der Waals surface area contributed by atoms with Crippen molar-refractivity contribution < 1.29 is 19.1 Å². The van der Waals surface area contributed by atoms with Crippen molar-refractivity contribution in [1.29, 1.82) is 0 Å². The molecule has 0 saturated heterocycles. The smallest absolute Gasteiger partial charge is 0.338 e. The third-order valence-corrected chi connectivity index (χ3v) is 2.49. The van der Waals surface area contributed by atoms with Crippen LogP contribution in [0, 0.1) is 11.7 Å². The lowest BCUT2D eigenvalue weighted by atomic mass is 10.0. The Kier molecular flexibility index (Phi) is 4.38. The van der Waals surface area contributed by atoms with Crippen LogP contribution in [0.15, 0.2) is 18.2 Å². The SMILES string of the molecule is CC(C)[C@H](N)C(=O)Nc1ccc(C(=O)O)c(F)c1. The van der Waals surface area contributed by atoms with Crippen molar-refractivity contribution in [2.45, 2.75) is 19.9 Å². The molecular weight excluding hydrogens is 239 g/mol. The first-order valence-corrected chi connectivity index (χ1v) is 5.42. The van der Waals surface area contributed by atoms with Crippen LogP contribution in [0.3, 0.4) is 0 Å². The first-order chi connectivity index (χ1) is 8.32. The summed E-state index contributed by atoms with van der Waals surface area (Å²) in [7, 11) is 0. The number of hydrogen-bond donors (Lipinski definition) is 3. The summed E-state index contributed by atoms with van der Waals surface area (Å²) in [6.45, 7) is 3.58. The van der Waals surface area contributed by atoms with Gasteiger partial charge in [-0.15, -0.1) is 0 Å². The summed E-state index contributed by atoms with van der Waals surface area (Å²) >= 11 is 0. The molecule has 18 heavy (non-hydrogen) atoms. The minimum Gasteiger partial charge on any atom is -0.478 e. The van der Waals surface area contributed by atoms with E-state index >= 15 is 0 Å². The quantitative estimate of drug-likeness (QED) is 0.758. The summed E-state index contributed by atoms with van der Waals surface area (Å²) in [6, 6.07) is 2.66. The van der Waals surface area contributed by atoms with E-state index < -0.39 is 29.3 Å². The van der Waals surface area contributed by atoms with Crippen LogP contribution in [0.1, 0.15) is 24.2 Å². The molecule has 0 aliphatic heterocycles. The predicted molar refractivity (Wildman–Crippen MR) is 64.8 cm³/mol. The van der Waals surface area contributed by atoms with Gasteiger partial charge in [-0.1, -0.05) is 13.8 Å². The Morgan fingerprint density at radius 2 is 2.00 bits per heavy atom. The summed E-state index contributed by atoms with van der Waals surface area (Å²) in [5.74, 6) is -2.75. The number of rotatable bonds is 4. The molecule has 1 atom stereocenters. The van der Waals surface area contributed by atoms with Gasteiger partial charge in [0.05, 0.1) is 11.6 Å². The van der Waals surface area contributed by atoms with Gasteiger partial charge in [0, 0.05) is 5.69 Å². The molecule has 1 aromatic rings. The Morgan fingerprint density at radius 1 is 1.39 bits per heavy atom. The Labute approximate surface area is 104 Å². The van der Waals surface area contributed by atoms with Crippen LogP contribution in [-0.4, -0.2) is 23.0 Å². The van der Waals surface area contributed by atoms with Crippen LogP contribution in [-0.2, 0) is 4.79 Å². The zero-order valence-corrected chi connectivity index (χ0v) is 10.1. The van der Waals surface area contributed by atoms with E-state index in [0.717, 1.165) is 12.1 Å². The monoisotopic (exact) mass is 254 g/mol. The first-order valence-electron chi connectivity index (χ1n) is 5.42. The molecule has 0 aliphatic rings. The maximum absolute atomic E-state index is 13.3. The van der Waals surface area contributed by atoms with Gasteiger partial charge in [0.2, 0.25) is 5.91 Å². The number of nitrogens with two attached hydrogens (primary N) is 1. The van der Waals surface area contributed by atoms with Crippen molar-refractivity contribution >= 4 is 17.6 Å². The normalized spacial score (nSPS) is 12.3. The van der Waals surface area contributed by atoms with E-state index in [9.17, 15) is 14.0 Å². The number of hydrogen-bond acceptors (Lipinski definition) is 3. The zero-order chi connectivity index (χ0) is 13.9. The highest BCUT2D eigenvalue weighted by Gasteiger charge is 2.18. The van der Waals surface area contributed by atoms with Crippen LogP contribution in [0.4, 0.5) is 10.1 Å². The van der Waals surface area contributed by atoms with Gasteiger partial charge in [0.25, 0.3) is 0 Å². The van der Waals surface area contributed by atoms with Gasteiger partial charge in [-0.3, -0.25) is 4.79 Å². The standard InChI is InChI=1S/C12H15FN2O3/c1-6(2)10(14)11(16)15-7-3-4-8(12(17)18)9(13)5-7/h3-6,10H,14H2,1-2H3,(H,15,16)(H,17,18)/t10-/m0/s1. The molecule has 0 heterocycles. The largest absolute Gasteiger partial charge is 0.478 e. The molecule has 0 unspecified atom stereocenters. The fourth-order valence-electron chi connectivity index (χ4n) is 1.29. The molecule has 5 nitrogen and oxygen atoms in total. The number of anilines is 1. The summed E-state index contributed by atoms with van der Waals surface area (Å²) in [5.41, 5.74) is 5.36. The molecule has 1 amide bonds. The number of carbonyl (C=O) groups excluding carboxylic acids is 1. The average molecular weight is 254 g/mol. The molecule has 4 N–H and O–H groups in total. The Bertz CT molecular complexity index is 474. The molecular formula is C12H15FN2O3. The number of amides is 1. The molecule has 0 radical (unpaired) electrons. The number of halogens is 1. The molecule has 98 valence electrons. The van der Waals surface area contributed by atoms with Crippen molar-refractivity contribution in [3.05, 3.63) is 29.6 Å². The minimum absolute atomic E-state index is 0.0480. The first kappa shape index (κ1) is 14.1. The molecule has 0 spiro atoms. The van der Waals surface area contributed by atoms with Gasteiger partial charge in [-0.25, -0.2) is 9.18 Å². The number of carboxylic acids is 1.